The second kappa shape index (κ2) is 6.31. The van der Waals surface area contributed by atoms with Crippen LogP contribution in [-0.4, -0.2) is 15.3 Å². The van der Waals surface area contributed by atoms with Gasteiger partial charge >= 0.3 is 0 Å². The van der Waals surface area contributed by atoms with Crippen molar-refractivity contribution >= 4 is 45.4 Å². The molecule has 0 radical (unpaired) electrons. The van der Waals surface area contributed by atoms with Crippen LogP contribution in [0, 0.1) is 0 Å². The normalized spacial score (nSPS) is 12.3. The lowest BCUT2D eigenvalue weighted by atomic mass is 10.1. The van der Waals surface area contributed by atoms with E-state index < -0.39 is 11.5 Å². The van der Waals surface area contributed by atoms with Crippen molar-refractivity contribution in [1.29, 1.82) is 0 Å². The van der Waals surface area contributed by atoms with Crippen molar-refractivity contribution in [1.82, 2.24) is 14.7 Å². The number of nitrogens with zero attached hydrogens (tertiary/aromatic N) is 2. The summed E-state index contributed by atoms with van der Waals surface area (Å²) in [7, 11) is 0. The smallest absolute Gasteiger partial charge is 0.271 e. The van der Waals surface area contributed by atoms with E-state index in [2.05, 4.69) is 10.3 Å². The molecule has 3 rings (SSSR count). The topological polar surface area (TPSA) is 63.5 Å². The van der Waals surface area contributed by atoms with Gasteiger partial charge in [-0.25, -0.2) is 4.98 Å². The predicted molar refractivity (Wildman–Crippen MR) is 91.7 cm³/mol. The van der Waals surface area contributed by atoms with Crippen LogP contribution in [0.5, 0.6) is 0 Å². The number of nitrogens with one attached hydrogen (secondary N) is 1. The molecule has 2 aromatic heterocycles. The fourth-order valence-corrected chi connectivity index (χ4v) is 3.10. The molecule has 2 heterocycles. The van der Waals surface area contributed by atoms with Gasteiger partial charge in [0.25, 0.3) is 11.5 Å². The van der Waals surface area contributed by atoms with Crippen molar-refractivity contribution in [3.63, 3.8) is 0 Å². The minimum Gasteiger partial charge on any atom is -0.345 e. The largest absolute Gasteiger partial charge is 0.345 e. The Morgan fingerprint density at radius 1 is 1.35 bits per heavy atom. The summed E-state index contributed by atoms with van der Waals surface area (Å²) in [6, 6.07) is 4.78. The lowest BCUT2D eigenvalue weighted by Crippen LogP contribution is -2.32. The molecule has 0 saturated heterocycles. The quantitative estimate of drug-likeness (QED) is 0.769. The number of fused-ring (bicyclic) bond motifs is 1. The molecule has 5 nitrogen and oxygen atoms in total. The Bertz CT molecular complexity index is 951. The standard InChI is InChI=1S/C15H11Cl2N3O2S/c1-8(9-2-3-11(16)12(17)6-9)19-13(21)10-7-18-15-20(14(10)22)4-5-23-15/h2-8H,1H3,(H,19,21). The van der Waals surface area contributed by atoms with Crippen LogP contribution in [0.2, 0.25) is 10.0 Å². The Balaban J connectivity index is 1.86. The number of thiazole rings is 1. The molecule has 0 bridgehead atoms. The van der Waals surface area contributed by atoms with E-state index in [1.807, 2.05) is 0 Å². The van der Waals surface area contributed by atoms with Crippen molar-refractivity contribution in [2.45, 2.75) is 13.0 Å². The van der Waals surface area contributed by atoms with Gasteiger partial charge < -0.3 is 5.32 Å². The first-order valence-corrected chi connectivity index (χ1v) is 8.31. The van der Waals surface area contributed by atoms with Gasteiger partial charge in [0.2, 0.25) is 0 Å². The highest BCUT2D eigenvalue weighted by molar-refractivity contribution is 7.15. The van der Waals surface area contributed by atoms with Crippen LogP contribution in [0.1, 0.15) is 28.9 Å². The number of carbonyl (C=O) groups excluding carboxylic acids is 1. The summed E-state index contributed by atoms with van der Waals surface area (Å²) in [6.45, 7) is 1.80. The van der Waals surface area contributed by atoms with E-state index >= 15 is 0 Å². The first-order chi connectivity index (χ1) is 11.0. The minimum atomic E-state index is -0.485. The molecule has 3 aromatic rings. The molecule has 1 unspecified atom stereocenters. The van der Waals surface area contributed by atoms with E-state index in [4.69, 9.17) is 23.2 Å². The highest BCUT2D eigenvalue weighted by Gasteiger charge is 2.17. The van der Waals surface area contributed by atoms with Gasteiger partial charge in [-0.3, -0.25) is 14.0 Å². The van der Waals surface area contributed by atoms with Gasteiger partial charge in [-0.1, -0.05) is 29.3 Å². The minimum absolute atomic E-state index is 0.00666. The van der Waals surface area contributed by atoms with Gasteiger partial charge in [0.1, 0.15) is 5.56 Å². The Morgan fingerprint density at radius 3 is 2.87 bits per heavy atom. The van der Waals surface area contributed by atoms with Gasteiger partial charge in [0.15, 0.2) is 4.96 Å². The van der Waals surface area contributed by atoms with Crippen LogP contribution in [0.3, 0.4) is 0 Å². The molecule has 8 heteroatoms. The van der Waals surface area contributed by atoms with Crippen LogP contribution in [0.15, 0.2) is 40.8 Å². The maximum absolute atomic E-state index is 12.3. The Hall–Kier alpha value is -1.89. The third-order valence-corrected chi connectivity index (χ3v) is 4.89. The number of hydrogen-bond acceptors (Lipinski definition) is 4. The number of halogens is 2. The second-order valence-corrected chi connectivity index (χ2v) is 6.59. The van der Waals surface area contributed by atoms with Crippen LogP contribution < -0.4 is 10.9 Å². The Morgan fingerprint density at radius 2 is 2.13 bits per heavy atom. The average Bonchev–Trinajstić information content (AvgIpc) is 2.99. The van der Waals surface area contributed by atoms with E-state index in [1.54, 1.807) is 36.7 Å². The van der Waals surface area contributed by atoms with Crippen molar-refractivity contribution in [3.8, 4) is 0 Å². The monoisotopic (exact) mass is 367 g/mol. The van der Waals surface area contributed by atoms with E-state index in [9.17, 15) is 9.59 Å². The first-order valence-electron chi connectivity index (χ1n) is 6.68. The van der Waals surface area contributed by atoms with Gasteiger partial charge in [0, 0.05) is 17.8 Å². The van der Waals surface area contributed by atoms with Gasteiger partial charge in [0.05, 0.1) is 16.1 Å². The summed E-state index contributed by atoms with van der Waals surface area (Å²) in [5.74, 6) is -0.485. The van der Waals surface area contributed by atoms with Gasteiger partial charge in [-0.05, 0) is 24.6 Å². The molecule has 0 aliphatic carbocycles. The number of hydrogen-bond donors (Lipinski definition) is 1. The maximum atomic E-state index is 12.3. The van der Waals surface area contributed by atoms with Crippen molar-refractivity contribution in [2.75, 3.05) is 0 Å². The molecule has 0 aliphatic heterocycles. The molecule has 0 saturated carbocycles. The Labute approximate surface area is 145 Å². The molecule has 0 fully saturated rings. The van der Waals surface area contributed by atoms with Crippen LogP contribution >= 0.6 is 34.5 Å². The summed E-state index contributed by atoms with van der Waals surface area (Å²) in [6.07, 6.45) is 2.89. The highest BCUT2D eigenvalue weighted by Crippen LogP contribution is 2.25. The summed E-state index contributed by atoms with van der Waals surface area (Å²) < 4.78 is 1.35. The zero-order valence-corrected chi connectivity index (χ0v) is 14.2. The molecule has 0 spiro atoms. The highest BCUT2D eigenvalue weighted by atomic mass is 35.5. The molecular formula is C15H11Cl2N3O2S. The fourth-order valence-electron chi connectivity index (χ4n) is 2.12. The molecule has 118 valence electrons. The van der Waals surface area contributed by atoms with E-state index in [0.29, 0.717) is 15.0 Å². The number of benzene rings is 1. The van der Waals surface area contributed by atoms with Gasteiger partial charge in [-0.15, -0.1) is 11.3 Å². The Kier molecular flexibility index (Phi) is 4.39. The number of amides is 1. The van der Waals surface area contributed by atoms with E-state index in [0.717, 1.165) is 5.56 Å². The zero-order valence-electron chi connectivity index (χ0n) is 11.9. The first kappa shape index (κ1) is 16.0. The third kappa shape index (κ3) is 3.10. The van der Waals surface area contributed by atoms with Crippen LogP contribution in [0.25, 0.3) is 4.96 Å². The molecular weight excluding hydrogens is 357 g/mol. The summed E-state index contributed by atoms with van der Waals surface area (Å²) in [5, 5.41) is 5.36. The van der Waals surface area contributed by atoms with E-state index in [-0.39, 0.29) is 11.6 Å². The SMILES string of the molecule is CC(NC(=O)c1cnc2sccn2c1=O)c1ccc(Cl)c(Cl)c1. The van der Waals surface area contributed by atoms with Crippen molar-refractivity contribution in [3.05, 3.63) is 67.5 Å². The van der Waals surface area contributed by atoms with Crippen molar-refractivity contribution in [2.24, 2.45) is 0 Å². The lowest BCUT2D eigenvalue weighted by Gasteiger charge is -2.14. The number of aromatic nitrogens is 2. The third-order valence-electron chi connectivity index (χ3n) is 3.38. The second-order valence-electron chi connectivity index (χ2n) is 4.90. The average molecular weight is 368 g/mol. The van der Waals surface area contributed by atoms with Gasteiger partial charge in [-0.2, -0.15) is 0 Å². The summed E-state index contributed by atoms with van der Waals surface area (Å²) >= 11 is 13.2. The van der Waals surface area contributed by atoms with Crippen LogP contribution in [-0.2, 0) is 0 Å². The molecule has 23 heavy (non-hydrogen) atoms. The molecule has 0 aliphatic rings. The maximum Gasteiger partial charge on any atom is 0.271 e. The molecule has 1 aromatic carbocycles. The number of carbonyl (C=O) groups is 1. The molecule has 1 N–H and O–H groups in total. The van der Waals surface area contributed by atoms with Crippen molar-refractivity contribution < 1.29 is 4.79 Å². The number of rotatable bonds is 3. The fraction of sp³-hybridized carbons (Fsp3) is 0.133. The lowest BCUT2D eigenvalue weighted by molar-refractivity contribution is 0.0938. The molecule has 1 amide bonds. The summed E-state index contributed by atoms with van der Waals surface area (Å²) in [4.78, 5) is 29.3. The predicted octanol–water partition coefficient (Wildman–Crippen LogP) is 3.55. The zero-order chi connectivity index (χ0) is 16.6. The molecule has 1 atom stereocenters. The van der Waals surface area contributed by atoms with Crippen LogP contribution in [0.4, 0.5) is 0 Å². The van der Waals surface area contributed by atoms with E-state index in [1.165, 1.54) is 21.9 Å². The summed E-state index contributed by atoms with van der Waals surface area (Å²) in [5.41, 5.74) is 0.389.